The van der Waals surface area contributed by atoms with Crippen LogP contribution in [0.1, 0.15) is 40.5 Å². The number of hydrogen-bond acceptors (Lipinski definition) is 2. The van der Waals surface area contributed by atoms with Crippen LogP contribution in [0.3, 0.4) is 0 Å². The summed E-state index contributed by atoms with van der Waals surface area (Å²) in [5, 5.41) is 0. The summed E-state index contributed by atoms with van der Waals surface area (Å²) in [6.45, 7) is 7.95. The molecule has 86 valence electrons. The molecular weight excluding hydrogens is 188 g/mol. The average molecular weight is 210 g/mol. The summed E-state index contributed by atoms with van der Waals surface area (Å²) in [6.07, 6.45) is 10.1. The SMILES string of the molecule is CC=CCCC=CCOC(=O)C(C)(C)C. The van der Waals surface area contributed by atoms with Gasteiger partial charge in [-0.15, -0.1) is 0 Å². The molecule has 0 saturated carbocycles. The van der Waals surface area contributed by atoms with E-state index in [4.69, 9.17) is 4.74 Å². The number of rotatable bonds is 5. The molecule has 0 radical (unpaired) electrons. The van der Waals surface area contributed by atoms with Gasteiger partial charge in [0.25, 0.3) is 0 Å². The summed E-state index contributed by atoms with van der Waals surface area (Å²) in [4.78, 5) is 11.3. The largest absolute Gasteiger partial charge is 0.461 e. The number of esters is 1. The fraction of sp³-hybridized carbons (Fsp3) is 0.615. The fourth-order valence-electron chi connectivity index (χ4n) is 0.885. The average Bonchev–Trinajstić information content (AvgIpc) is 2.14. The second kappa shape index (κ2) is 7.27. The minimum absolute atomic E-state index is 0.152. The van der Waals surface area contributed by atoms with Crippen LogP contribution in [-0.4, -0.2) is 12.6 Å². The first-order chi connectivity index (χ1) is 6.98. The lowest BCUT2D eigenvalue weighted by Gasteiger charge is -2.15. The molecule has 0 bridgehead atoms. The van der Waals surface area contributed by atoms with Crippen LogP contribution in [0.2, 0.25) is 0 Å². The van der Waals surface area contributed by atoms with E-state index in [9.17, 15) is 4.79 Å². The molecule has 0 aromatic carbocycles. The zero-order valence-corrected chi connectivity index (χ0v) is 10.2. The van der Waals surface area contributed by atoms with Crippen molar-refractivity contribution in [3.05, 3.63) is 24.3 Å². The Morgan fingerprint density at radius 2 is 1.73 bits per heavy atom. The highest BCUT2D eigenvalue weighted by Gasteiger charge is 2.22. The lowest BCUT2D eigenvalue weighted by Crippen LogP contribution is -2.22. The third-order valence-electron chi connectivity index (χ3n) is 1.83. The van der Waals surface area contributed by atoms with Crippen molar-refractivity contribution in [2.75, 3.05) is 6.61 Å². The second-order valence-corrected chi connectivity index (χ2v) is 4.47. The van der Waals surface area contributed by atoms with Crippen LogP contribution in [0.4, 0.5) is 0 Å². The van der Waals surface area contributed by atoms with E-state index in [-0.39, 0.29) is 5.97 Å². The third kappa shape index (κ3) is 7.98. The van der Waals surface area contributed by atoms with Crippen molar-refractivity contribution in [2.24, 2.45) is 5.41 Å². The number of unbranched alkanes of at least 4 members (excludes halogenated alkanes) is 1. The second-order valence-electron chi connectivity index (χ2n) is 4.47. The third-order valence-corrected chi connectivity index (χ3v) is 1.83. The van der Waals surface area contributed by atoms with Crippen LogP contribution in [-0.2, 0) is 9.53 Å². The fourth-order valence-corrected chi connectivity index (χ4v) is 0.885. The minimum Gasteiger partial charge on any atom is -0.461 e. The van der Waals surface area contributed by atoms with Gasteiger partial charge in [-0.25, -0.2) is 0 Å². The lowest BCUT2D eigenvalue weighted by molar-refractivity contribution is -0.151. The zero-order valence-electron chi connectivity index (χ0n) is 10.2. The van der Waals surface area contributed by atoms with Gasteiger partial charge in [-0.2, -0.15) is 0 Å². The molecule has 0 aromatic rings. The van der Waals surface area contributed by atoms with E-state index in [0.717, 1.165) is 12.8 Å². The number of ether oxygens (including phenoxy) is 1. The Morgan fingerprint density at radius 1 is 1.13 bits per heavy atom. The summed E-state index contributed by atoms with van der Waals surface area (Å²) in [7, 11) is 0. The molecule has 0 aromatic heterocycles. The van der Waals surface area contributed by atoms with Crippen molar-refractivity contribution in [1.29, 1.82) is 0 Å². The van der Waals surface area contributed by atoms with Gasteiger partial charge >= 0.3 is 5.97 Å². The molecule has 0 fully saturated rings. The Balaban J connectivity index is 3.58. The molecule has 0 atom stereocenters. The molecule has 0 saturated heterocycles. The maximum Gasteiger partial charge on any atom is 0.311 e. The first-order valence-corrected chi connectivity index (χ1v) is 5.42. The van der Waals surface area contributed by atoms with Crippen LogP contribution in [0.25, 0.3) is 0 Å². The van der Waals surface area contributed by atoms with Gasteiger partial charge in [0, 0.05) is 0 Å². The van der Waals surface area contributed by atoms with Crippen LogP contribution in [0.15, 0.2) is 24.3 Å². The summed E-state index contributed by atoms with van der Waals surface area (Å²) in [5.74, 6) is -0.152. The van der Waals surface area contributed by atoms with Crippen LogP contribution >= 0.6 is 0 Å². The molecule has 0 unspecified atom stereocenters. The maximum absolute atomic E-state index is 11.3. The highest BCUT2D eigenvalue weighted by Crippen LogP contribution is 2.14. The lowest BCUT2D eigenvalue weighted by atomic mass is 9.97. The standard InChI is InChI=1S/C13H22O2/c1-5-6-7-8-9-10-11-15-12(14)13(2,3)4/h5-6,9-10H,7-8,11H2,1-4H3. The summed E-state index contributed by atoms with van der Waals surface area (Å²) >= 11 is 0. The van der Waals surface area contributed by atoms with E-state index in [2.05, 4.69) is 6.08 Å². The number of carbonyl (C=O) groups is 1. The molecule has 2 heteroatoms. The summed E-state index contributed by atoms with van der Waals surface area (Å²) in [6, 6.07) is 0. The Labute approximate surface area is 93.0 Å². The van der Waals surface area contributed by atoms with Crippen LogP contribution < -0.4 is 0 Å². The first kappa shape index (κ1) is 13.9. The Hall–Kier alpha value is -1.05. The summed E-state index contributed by atoms with van der Waals surface area (Å²) in [5.41, 5.74) is -0.404. The first-order valence-electron chi connectivity index (χ1n) is 5.42. The Bertz CT molecular complexity index is 231. The van der Waals surface area contributed by atoms with Gasteiger partial charge in [0.05, 0.1) is 5.41 Å². The molecule has 15 heavy (non-hydrogen) atoms. The monoisotopic (exact) mass is 210 g/mol. The van der Waals surface area contributed by atoms with Crippen LogP contribution in [0, 0.1) is 5.41 Å². The number of hydrogen-bond donors (Lipinski definition) is 0. The minimum atomic E-state index is -0.404. The van der Waals surface area contributed by atoms with E-state index in [1.807, 2.05) is 45.9 Å². The van der Waals surface area contributed by atoms with E-state index in [1.54, 1.807) is 0 Å². The Morgan fingerprint density at radius 3 is 2.27 bits per heavy atom. The number of carbonyl (C=O) groups excluding carboxylic acids is 1. The highest BCUT2D eigenvalue weighted by atomic mass is 16.5. The summed E-state index contributed by atoms with van der Waals surface area (Å²) < 4.78 is 5.07. The predicted molar refractivity (Wildman–Crippen MR) is 63.6 cm³/mol. The molecule has 2 nitrogen and oxygen atoms in total. The normalized spacial score (nSPS) is 12.5. The van der Waals surface area contributed by atoms with Gasteiger partial charge in [0.2, 0.25) is 0 Å². The topological polar surface area (TPSA) is 26.3 Å². The molecule has 0 aliphatic carbocycles. The smallest absolute Gasteiger partial charge is 0.311 e. The quantitative estimate of drug-likeness (QED) is 0.394. The van der Waals surface area contributed by atoms with Gasteiger partial charge in [0.1, 0.15) is 6.61 Å². The molecule has 0 amide bonds. The maximum atomic E-state index is 11.3. The van der Waals surface area contributed by atoms with E-state index >= 15 is 0 Å². The van der Waals surface area contributed by atoms with Crippen molar-refractivity contribution < 1.29 is 9.53 Å². The molecule has 0 aliphatic rings. The van der Waals surface area contributed by atoms with Crippen LogP contribution in [0.5, 0.6) is 0 Å². The van der Waals surface area contributed by atoms with E-state index < -0.39 is 5.41 Å². The zero-order chi connectivity index (χ0) is 11.7. The van der Waals surface area contributed by atoms with Crippen molar-refractivity contribution in [3.63, 3.8) is 0 Å². The van der Waals surface area contributed by atoms with Crippen molar-refractivity contribution >= 4 is 5.97 Å². The van der Waals surface area contributed by atoms with Gasteiger partial charge in [-0.1, -0.05) is 24.3 Å². The molecule has 0 N–H and O–H groups in total. The molecule has 0 spiro atoms. The van der Waals surface area contributed by atoms with E-state index in [1.165, 1.54) is 0 Å². The molecular formula is C13H22O2. The van der Waals surface area contributed by atoms with Crippen molar-refractivity contribution in [3.8, 4) is 0 Å². The predicted octanol–water partition coefficient (Wildman–Crippen LogP) is 3.49. The van der Waals surface area contributed by atoms with Gasteiger partial charge in [-0.05, 0) is 40.5 Å². The molecule has 0 heterocycles. The highest BCUT2D eigenvalue weighted by molar-refractivity contribution is 5.75. The number of allylic oxidation sites excluding steroid dienone is 3. The molecule has 0 rings (SSSR count). The van der Waals surface area contributed by atoms with Gasteiger partial charge in [-0.3, -0.25) is 4.79 Å². The molecule has 0 aliphatic heterocycles. The van der Waals surface area contributed by atoms with Crippen molar-refractivity contribution in [1.82, 2.24) is 0 Å². The van der Waals surface area contributed by atoms with Gasteiger partial charge < -0.3 is 4.74 Å². The van der Waals surface area contributed by atoms with Crippen molar-refractivity contribution in [2.45, 2.75) is 40.5 Å². The van der Waals surface area contributed by atoms with Gasteiger partial charge in [0.15, 0.2) is 0 Å². The Kier molecular flexibility index (Phi) is 6.76. The van der Waals surface area contributed by atoms with E-state index in [0.29, 0.717) is 6.61 Å².